The lowest BCUT2D eigenvalue weighted by atomic mass is 10.2. The van der Waals surface area contributed by atoms with Crippen LogP contribution in [0.5, 0.6) is 0 Å². The van der Waals surface area contributed by atoms with Gasteiger partial charge in [-0.15, -0.1) is 11.3 Å². The van der Waals surface area contributed by atoms with Crippen molar-refractivity contribution in [1.29, 1.82) is 0 Å². The van der Waals surface area contributed by atoms with Gasteiger partial charge in [0, 0.05) is 22.5 Å². The van der Waals surface area contributed by atoms with Crippen LogP contribution in [0.1, 0.15) is 10.4 Å². The van der Waals surface area contributed by atoms with Crippen molar-refractivity contribution >= 4 is 40.3 Å². The van der Waals surface area contributed by atoms with Gasteiger partial charge >= 0.3 is 0 Å². The molecule has 1 aromatic carbocycles. The second-order valence-corrected chi connectivity index (χ2v) is 5.72. The molecule has 3 nitrogen and oxygen atoms in total. The second kappa shape index (κ2) is 4.88. The number of aromatic nitrogens is 2. The highest BCUT2D eigenvalue weighted by atomic mass is 32.2. The normalized spacial score (nSPS) is 10.7. The van der Waals surface area contributed by atoms with Crippen LogP contribution in [0.25, 0.3) is 10.9 Å². The smallest absolute Gasteiger partial charge is 0.156 e. The van der Waals surface area contributed by atoms with Gasteiger partial charge in [0.1, 0.15) is 5.03 Å². The standard InChI is InChI=1S/C13H8N2OS2/c16-8-10-7-9-3-1-2-4-11(9)15-12(10)18-13-14-5-6-17-13/h1-8H. The molecule has 3 rings (SSSR count). The molecule has 3 aromatic rings. The van der Waals surface area contributed by atoms with E-state index in [1.807, 2.05) is 35.7 Å². The summed E-state index contributed by atoms with van der Waals surface area (Å²) in [6, 6.07) is 9.63. The molecular formula is C13H8N2OS2. The lowest BCUT2D eigenvalue weighted by molar-refractivity contribution is 0.112. The molecule has 0 atom stereocenters. The van der Waals surface area contributed by atoms with Crippen LogP contribution in [0.2, 0.25) is 0 Å². The maximum Gasteiger partial charge on any atom is 0.156 e. The van der Waals surface area contributed by atoms with E-state index >= 15 is 0 Å². The first-order valence-corrected chi connectivity index (χ1v) is 6.99. The Morgan fingerprint density at radius 2 is 2.17 bits per heavy atom. The summed E-state index contributed by atoms with van der Waals surface area (Å²) in [4.78, 5) is 19.8. The Hall–Kier alpha value is -1.72. The Kier molecular flexibility index (Phi) is 3.08. The van der Waals surface area contributed by atoms with E-state index in [0.717, 1.165) is 21.5 Å². The van der Waals surface area contributed by atoms with Crippen LogP contribution in [0.4, 0.5) is 0 Å². The van der Waals surface area contributed by atoms with Crippen LogP contribution in [0.15, 0.2) is 51.3 Å². The second-order valence-electron chi connectivity index (χ2n) is 3.59. The number of hydrogen-bond donors (Lipinski definition) is 0. The van der Waals surface area contributed by atoms with Crippen molar-refractivity contribution in [3.63, 3.8) is 0 Å². The summed E-state index contributed by atoms with van der Waals surface area (Å²) in [5.41, 5.74) is 1.50. The lowest BCUT2D eigenvalue weighted by Crippen LogP contribution is -1.91. The van der Waals surface area contributed by atoms with Gasteiger partial charge in [0.2, 0.25) is 0 Å². The third kappa shape index (κ3) is 2.14. The number of carbonyl (C=O) groups is 1. The van der Waals surface area contributed by atoms with Gasteiger partial charge in [0.25, 0.3) is 0 Å². The van der Waals surface area contributed by atoms with E-state index in [-0.39, 0.29) is 0 Å². The van der Waals surface area contributed by atoms with Gasteiger partial charge in [-0.2, -0.15) is 0 Å². The number of carbonyl (C=O) groups excluding carboxylic acids is 1. The van der Waals surface area contributed by atoms with Crippen LogP contribution in [-0.4, -0.2) is 16.3 Å². The summed E-state index contributed by atoms with van der Waals surface area (Å²) in [5, 5.41) is 3.59. The highest BCUT2D eigenvalue weighted by Gasteiger charge is 2.09. The van der Waals surface area contributed by atoms with Gasteiger partial charge in [0.15, 0.2) is 10.6 Å². The number of para-hydroxylation sites is 1. The van der Waals surface area contributed by atoms with Crippen molar-refractivity contribution in [1.82, 2.24) is 9.97 Å². The van der Waals surface area contributed by atoms with Gasteiger partial charge in [-0.3, -0.25) is 4.79 Å². The first-order chi connectivity index (χ1) is 8.86. The minimum Gasteiger partial charge on any atom is -0.298 e. The van der Waals surface area contributed by atoms with E-state index in [4.69, 9.17) is 0 Å². The zero-order valence-corrected chi connectivity index (χ0v) is 10.9. The average molecular weight is 272 g/mol. The Morgan fingerprint density at radius 1 is 1.28 bits per heavy atom. The highest BCUT2D eigenvalue weighted by Crippen LogP contribution is 2.31. The lowest BCUT2D eigenvalue weighted by Gasteiger charge is -2.04. The van der Waals surface area contributed by atoms with E-state index in [9.17, 15) is 4.79 Å². The van der Waals surface area contributed by atoms with E-state index in [2.05, 4.69) is 9.97 Å². The maximum atomic E-state index is 11.1. The molecule has 18 heavy (non-hydrogen) atoms. The topological polar surface area (TPSA) is 42.9 Å². The zero-order valence-electron chi connectivity index (χ0n) is 9.24. The Bertz CT molecular complexity index is 695. The van der Waals surface area contributed by atoms with Crippen molar-refractivity contribution in [2.45, 2.75) is 9.37 Å². The molecule has 0 radical (unpaired) electrons. The van der Waals surface area contributed by atoms with E-state index < -0.39 is 0 Å². The van der Waals surface area contributed by atoms with Crippen molar-refractivity contribution in [3.8, 4) is 0 Å². The number of fused-ring (bicyclic) bond motifs is 1. The fraction of sp³-hybridized carbons (Fsp3) is 0. The zero-order chi connectivity index (χ0) is 12.4. The number of pyridine rings is 1. The third-order valence-corrected chi connectivity index (χ3v) is 4.34. The van der Waals surface area contributed by atoms with Crippen LogP contribution in [-0.2, 0) is 0 Å². The first-order valence-electron chi connectivity index (χ1n) is 5.29. The summed E-state index contributed by atoms with van der Waals surface area (Å²) >= 11 is 2.96. The highest BCUT2D eigenvalue weighted by molar-refractivity contribution is 8.01. The molecule has 0 bridgehead atoms. The molecule has 5 heteroatoms. The molecule has 0 spiro atoms. The SMILES string of the molecule is O=Cc1cc2ccccc2nc1Sc1nccs1. The van der Waals surface area contributed by atoms with Crippen LogP contribution in [0.3, 0.4) is 0 Å². The summed E-state index contributed by atoms with van der Waals surface area (Å²) in [7, 11) is 0. The van der Waals surface area contributed by atoms with E-state index in [1.54, 1.807) is 6.20 Å². The predicted octanol–water partition coefficient (Wildman–Crippen LogP) is 3.66. The Balaban J connectivity index is 2.11. The summed E-state index contributed by atoms with van der Waals surface area (Å²) < 4.78 is 0.890. The quantitative estimate of drug-likeness (QED) is 0.682. The van der Waals surface area contributed by atoms with Crippen molar-refractivity contribution in [2.24, 2.45) is 0 Å². The third-order valence-electron chi connectivity index (χ3n) is 2.44. The monoisotopic (exact) mass is 272 g/mol. The summed E-state index contributed by atoms with van der Waals surface area (Å²) in [6.07, 6.45) is 2.59. The van der Waals surface area contributed by atoms with Crippen LogP contribution < -0.4 is 0 Å². The molecule has 2 heterocycles. The number of thiazole rings is 1. The summed E-state index contributed by atoms with van der Waals surface area (Å²) in [6.45, 7) is 0. The average Bonchev–Trinajstić information content (AvgIpc) is 2.91. The minimum absolute atomic E-state index is 0.605. The van der Waals surface area contributed by atoms with Crippen molar-refractivity contribution in [3.05, 3.63) is 47.5 Å². The Labute approximate surface area is 112 Å². The molecule has 0 saturated heterocycles. The number of hydrogen-bond acceptors (Lipinski definition) is 5. The van der Waals surface area contributed by atoms with Gasteiger partial charge in [-0.1, -0.05) is 18.2 Å². The van der Waals surface area contributed by atoms with Crippen molar-refractivity contribution in [2.75, 3.05) is 0 Å². The van der Waals surface area contributed by atoms with Crippen molar-refractivity contribution < 1.29 is 4.79 Å². The molecule has 0 aliphatic rings. The first kappa shape index (κ1) is 11.4. The molecule has 0 amide bonds. The fourth-order valence-corrected chi connectivity index (χ4v) is 3.23. The molecule has 0 fully saturated rings. The van der Waals surface area contributed by atoms with Gasteiger partial charge in [-0.05, 0) is 23.9 Å². The fourth-order valence-electron chi connectivity index (χ4n) is 1.62. The number of aldehydes is 1. The molecular weight excluding hydrogens is 264 g/mol. The van der Waals surface area contributed by atoms with E-state index in [1.165, 1.54) is 23.1 Å². The maximum absolute atomic E-state index is 11.1. The largest absolute Gasteiger partial charge is 0.298 e. The van der Waals surface area contributed by atoms with Gasteiger partial charge in [-0.25, -0.2) is 9.97 Å². The van der Waals surface area contributed by atoms with Gasteiger partial charge in [0.05, 0.1) is 5.52 Å². The van der Waals surface area contributed by atoms with Crippen LogP contribution in [0, 0.1) is 0 Å². The molecule has 88 valence electrons. The number of nitrogens with zero attached hydrogens (tertiary/aromatic N) is 2. The number of rotatable bonds is 3. The molecule has 2 aromatic heterocycles. The summed E-state index contributed by atoms with van der Waals surface area (Å²) in [5.74, 6) is 0. The minimum atomic E-state index is 0.605. The van der Waals surface area contributed by atoms with Crippen LogP contribution >= 0.6 is 23.1 Å². The van der Waals surface area contributed by atoms with Gasteiger partial charge < -0.3 is 0 Å². The predicted molar refractivity (Wildman–Crippen MR) is 73.4 cm³/mol. The Morgan fingerprint density at radius 3 is 2.94 bits per heavy atom. The van der Waals surface area contributed by atoms with E-state index in [0.29, 0.717) is 10.6 Å². The molecule has 0 unspecified atom stereocenters. The molecule has 0 aliphatic heterocycles. The molecule has 0 aliphatic carbocycles. The molecule has 0 saturated carbocycles. The number of benzene rings is 1. The molecule has 0 N–H and O–H groups in total.